The second-order valence-corrected chi connectivity index (χ2v) is 8.26. The summed E-state index contributed by atoms with van der Waals surface area (Å²) < 4.78 is 17.8. The molecule has 152 valence electrons. The van der Waals surface area contributed by atoms with Crippen LogP contribution in [0, 0.1) is 0 Å². The fourth-order valence-corrected chi connectivity index (χ4v) is 4.13. The average molecular weight is 386 g/mol. The molecule has 1 aromatic heterocycles. The third-order valence-electron chi connectivity index (χ3n) is 5.74. The molecule has 1 spiro atoms. The predicted molar refractivity (Wildman–Crippen MR) is 108 cm³/mol. The minimum absolute atomic E-state index is 0.151. The molecule has 4 rings (SSSR count). The van der Waals surface area contributed by atoms with Crippen LogP contribution in [0.5, 0.6) is 0 Å². The maximum Gasteiger partial charge on any atom is 0.167 e. The molecule has 0 radical (unpaired) electrons. The highest BCUT2D eigenvalue weighted by molar-refractivity contribution is 5.56. The summed E-state index contributed by atoms with van der Waals surface area (Å²) in [6, 6.07) is 12.6. The van der Waals surface area contributed by atoms with Gasteiger partial charge in [-0.25, -0.2) is 0 Å². The third kappa shape index (κ3) is 4.63. The summed E-state index contributed by atoms with van der Waals surface area (Å²) in [5, 5.41) is 7.65. The second-order valence-electron chi connectivity index (χ2n) is 8.26. The van der Waals surface area contributed by atoms with Gasteiger partial charge in [-0.1, -0.05) is 35.5 Å². The fraction of sp³-hybridized carbons (Fsp3) is 0.591. The molecule has 2 aromatic rings. The van der Waals surface area contributed by atoms with E-state index in [1.54, 1.807) is 0 Å². The first-order chi connectivity index (χ1) is 13.6. The molecule has 6 nitrogen and oxygen atoms in total. The predicted octanol–water partition coefficient (Wildman–Crippen LogP) is 3.09. The van der Waals surface area contributed by atoms with E-state index >= 15 is 0 Å². The summed E-state index contributed by atoms with van der Waals surface area (Å²) in [6.45, 7) is 9.43. The number of hydrogen-bond donors (Lipinski definition) is 1. The molecule has 0 unspecified atom stereocenters. The fourth-order valence-electron chi connectivity index (χ4n) is 4.13. The van der Waals surface area contributed by atoms with Gasteiger partial charge in [-0.3, -0.25) is 4.90 Å². The van der Waals surface area contributed by atoms with Crippen LogP contribution in [-0.4, -0.2) is 60.7 Å². The molecular formula is C22H31N3O3. The number of nitrogens with zero attached hydrogens (tertiary/aromatic N) is 2. The Morgan fingerprint density at radius 1 is 1.29 bits per heavy atom. The lowest BCUT2D eigenvalue weighted by atomic mass is 9.99. The molecule has 2 aliphatic rings. The van der Waals surface area contributed by atoms with E-state index in [4.69, 9.17) is 14.0 Å². The van der Waals surface area contributed by atoms with Crippen molar-refractivity contribution < 1.29 is 14.0 Å². The largest absolute Gasteiger partial charge is 0.377 e. The first-order valence-electron chi connectivity index (χ1n) is 10.3. The Morgan fingerprint density at radius 2 is 2.14 bits per heavy atom. The summed E-state index contributed by atoms with van der Waals surface area (Å²) >= 11 is 0. The number of ether oxygens (including phenoxy) is 2. The lowest BCUT2D eigenvalue weighted by Crippen LogP contribution is -2.47. The van der Waals surface area contributed by atoms with E-state index in [0.717, 1.165) is 56.1 Å². The molecule has 28 heavy (non-hydrogen) atoms. The summed E-state index contributed by atoms with van der Waals surface area (Å²) in [7, 11) is 0. The van der Waals surface area contributed by atoms with Gasteiger partial charge in [0, 0.05) is 43.9 Å². The van der Waals surface area contributed by atoms with E-state index in [1.165, 1.54) is 0 Å². The van der Waals surface area contributed by atoms with Crippen molar-refractivity contribution >= 4 is 0 Å². The highest BCUT2D eigenvalue weighted by Gasteiger charge is 2.43. The molecule has 1 aromatic carbocycles. The van der Waals surface area contributed by atoms with Crippen LogP contribution in [0.25, 0.3) is 11.3 Å². The van der Waals surface area contributed by atoms with Crippen LogP contribution in [0.3, 0.4) is 0 Å². The van der Waals surface area contributed by atoms with Gasteiger partial charge in [0.2, 0.25) is 0 Å². The first kappa shape index (κ1) is 19.6. The van der Waals surface area contributed by atoms with Crippen molar-refractivity contribution in [1.29, 1.82) is 0 Å². The molecule has 6 heteroatoms. The summed E-state index contributed by atoms with van der Waals surface area (Å²) in [6.07, 6.45) is 2.34. The molecule has 2 aliphatic heterocycles. The molecule has 1 N–H and O–H groups in total. The zero-order valence-corrected chi connectivity index (χ0v) is 16.9. The highest BCUT2D eigenvalue weighted by atomic mass is 16.6. The monoisotopic (exact) mass is 385 g/mol. The minimum Gasteiger partial charge on any atom is -0.377 e. The number of aromatic nitrogens is 1. The summed E-state index contributed by atoms with van der Waals surface area (Å²) in [5.41, 5.74) is 1.81. The molecule has 0 amide bonds. The van der Waals surface area contributed by atoms with Gasteiger partial charge in [0.15, 0.2) is 5.76 Å². The van der Waals surface area contributed by atoms with Crippen molar-refractivity contribution in [3.05, 3.63) is 42.1 Å². The van der Waals surface area contributed by atoms with Crippen molar-refractivity contribution in [2.75, 3.05) is 32.8 Å². The van der Waals surface area contributed by atoms with Gasteiger partial charge in [-0.15, -0.1) is 0 Å². The maximum absolute atomic E-state index is 6.49. The molecule has 0 bridgehead atoms. The average Bonchev–Trinajstić information content (AvgIpc) is 3.26. The van der Waals surface area contributed by atoms with Gasteiger partial charge in [0.05, 0.1) is 25.0 Å². The van der Waals surface area contributed by atoms with E-state index in [1.807, 2.05) is 36.4 Å². The number of benzene rings is 1. The first-order valence-corrected chi connectivity index (χ1v) is 10.3. The molecule has 3 heterocycles. The maximum atomic E-state index is 6.49. The molecule has 2 fully saturated rings. The molecular weight excluding hydrogens is 354 g/mol. The van der Waals surface area contributed by atoms with E-state index in [0.29, 0.717) is 19.2 Å². The molecule has 2 saturated heterocycles. The molecule has 0 saturated carbocycles. The van der Waals surface area contributed by atoms with Crippen molar-refractivity contribution in [2.24, 2.45) is 0 Å². The van der Waals surface area contributed by atoms with Crippen LogP contribution >= 0.6 is 0 Å². The lowest BCUT2D eigenvalue weighted by Gasteiger charge is -2.34. The zero-order valence-electron chi connectivity index (χ0n) is 16.9. The summed E-state index contributed by atoms with van der Waals surface area (Å²) in [5.74, 6) is 0.804. The Bertz CT molecular complexity index is 748. The van der Waals surface area contributed by atoms with Crippen molar-refractivity contribution in [3.63, 3.8) is 0 Å². The Kier molecular flexibility index (Phi) is 6.11. The van der Waals surface area contributed by atoms with Crippen molar-refractivity contribution in [1.82, 2.24) is 15.4 Å². The van der Waals surface area contributed by atoms with Crippen LogP contribution in [0.1, 0.15) is 32.4 Å². The second kappa shape index (κ2) is 8.74. The van der Waals surface area contributed by atoms with Gasteiger partial charge in [0.25, 0.3) is 0 Å². The molecule has 0 aliphatic carbocycles. The van der Waals surface area contributed by atoms with Crippen molar-refractivity contribution in [2.45, 2.75) is 51.0 Å². The third-order valence-corrected chi connectivity index (χ3v) is 5.74. The van der Waals surface area contributed by atoms with Crippen LogP contribution in [0.15, 0.2) is 40.9 Å². The van der Waals surface area contributed by atoms with Gasteiger partial charge < -0.3 is 19.3 Å². The highest BCUT2D eigenvalue weighted by Crippen LogP contribution is 2.33. The quantitative estimate of drug-likeness (QED) is 0.825. The van der Waals surface area contributed by atoms with Gasteiger partial charge in [-0.2, -0.15) is 0 Å². The topological polar surface area (TPSA) is 59.8 Å². The van der Waals surface area contributed by atoms with Crippen LogP contribution in [0.4, 0.5) is 0 Å². The number of hydrogen-bond acceptors (Lipinski definition) is 6. The van der Waals surface area contributed by atoms with Crippen LogP contribution in [-0.2, 0) is 16.0 Å². The standard InChI is InChI=1S/C22H31N3O3/c1-17(2)25-10-11-26-16-22(15-25)9-8-20(27-22)14-23-13-19-12-21(28-24-19)18-6-4-3-5-7-18/h3-7,12,17,20,23H,8-11,13-16H2,1-2H3/t20-,22-/m1/s1. The normalized spacial score (nSPS) is 26.2. The SMILES string of the molecule is CC(C)N1CCOC[C@@]2(CC[C@H](CNCc3cc(-c4ccccc4)on3)O2)C1. The Morgan fingerprint density at radius 3 is 2.96 bits per heavy atom. The Labute approximate surface area is 167 Å². The number of rotatable bonds is 6. The van der Waals surface area contributed by atoms with Crippen LogP contribution in [0.2, 0.25) is 0 Å². The van der Waals surface area contributed by atoms with Crippen molar-refractivity contribution in [3.8, 4) is 11.3 Å². The Balaban J connectivity index is 1.27. The van der Waals surface area contributed by atoms with E-state index in [-0.39, 0.29) is 11.7 Å². The number of nitrogens with one attached hydrogen (secondary N) is 1. The van der Waals surface area contributed by atoms with E-state index in [9.17, 15) is 0 Å². The smallest absolute Gasteiger partial charge is 0.167 e. The van der Waals surface area contributed by atoms with Gasteiger partial charge >= 0.3 is 0 Å². The summed E-state index contributed by atoms with van der Waals surface area (Å²) in [4.78, 5) is 2.48. The van der Waals surface area contributed by atoms with E-state index < -0.39 is 0 Å². The minimum atomic E-state index is -0.151. The van der Waals surface area contributed by atoms with Gasteiger partial charge in [0.1, 0.15) is 5.60 Å². The van der Waals surface area contributed by atoms with E-state index in [2.05, 4.69) is 29.2 Å². The van der Waals surface area contributed by atoms with Gasteiger partial charge in [-0.05, 0) is 26.7 Å². The lowest BCUT2D eigenvalue weighted by molar-refractivity contribution is -0.0866. The molecule has 2 atom stereocenters. The zero-order chi connectivity index (χ0) is 19.4. The van der Waals surface area contributed by atoms with Crippen LogP contribution < -0.4 is 5.32 Å². The Hall–Kier alpha value is -1.73.